The predicted molar refractivity (Wildman–Crippen MR) is 74.9 cm³/mol. The summed E-state index contributed by atoms with van der Waals surface area (Å²) < 4.78 is 10.1. The van der Waals surface area contributed by atoms with Crippen LogP contribution in [0.15, 0.2) is 30.3 Å². The van der Waals surface area contributed by atoms with Gasteiger partial charge >= 0.3 is 0 Å². The molecule has 0 aromatic heterocycles. The number of hydrogen-bond donors (Lipinski definition) is 1. The van der Waals surface area contributed by atoms with Crippen LogP contribution in [0.25, 0.3) is 0 Å². The van der Waals surface area contributed by atoms with Gasteiger partial charge in [0.25, 0.3) is 0 Å². The third-order valence-electron chi connectivity index (χ3n) is 2.78. The molecule has 1 aromatic carbocycles. The highest BCUT2D eigenvalue weighted by Crippen LogP contribution is 2.17. The van der Waals surface area contributed by atoms with E-state index in [1.807, 2.05) is 30.3 Å². The molecule has 106 valence electrons. The smallest absolute Gasteiger partial charge is 0.246 e. The fourth-order valence-corrected chi connectivity index (χ4v) is 1.84. The van der Waals surface area contributed by atoms with Gasteiger partial charge < -0.3 is 14.8 Å². The number of benzene rings is 1. The average Bonchev–Trinajstić information content (AvgIpc) is 2.44. The summed E-state index contributed by atoms with van der Waals surface area (Å²) in [6, 6.07) is 10.1. The quantitative estimate of drug-likeness (QED) is 0.697. The van der Waals surface area contributed by atoms with Crippen molar-refractivity contribution in [2.75, 3.05) is 26.9 Å². The lowest BCUT2D eigenvalue weighted by Gasteiger charge is -2.18. The van der Waals surface area contributed by atoms with E-state index < -0.39 is 0 Å². The fraction of sp³-hybridized carbons (Fsp3) is 0.533. The van der Waals surface area contributed by atoms with Crippen LogP contribution < -0.4 is 5.32 Å². The Morgan fingerprint density at radius 2 is 2.00 bits per heavy atom. The van der Waals surface area contributed by atoms with Gasteiger partial charge in [0.15, 0.2) is 0 Å². The molecule has 1 rings (SSSR count). The molecule has 0 aliphatic heterocycles. The second-order valence-corrected chi connectivity index (χ2v) is 4.36. The van der Waals surface area contributed by atoms with Crippen molar-refractivity contribution in [3.05, 3.63) is 35.9 Å². The molecular formula is C15H23NO3. The monoisotopic (exact) mass is 265 g/mol. The van der Waals surface area contributed by atoms with Crippen LogP contribution in [0.4, 0.5) is 0 Å². The SMILES string of the molecule is CCCC(NC(=O)COCCOC)c1ccccc1. The average molecular weight is 265 g/mol. The van der Waals surface area contributed by atoms with Crippen molar-refractivity contribution >= 4 is 5.91 Å². The molecule has 1 aromatic rings. The molecule has 0 heterocycles. The van der Waals surface area contributed by atoms with Gasteiger partial charge in [-0.05, 0) is 12.0 Å². The van der Waals surface area contributed by atoms with Crippen molar-refractivity contribution in [2.24, 2.45) is 0 Å². The summed E-state index contributed by atoms with van der Waals surface area (Å²) in [6.45, 7) is 3.13. The summed E-state index contributed by atoms with van der Waals surface area (Å²) in [7, 11) is 1.61. The summed E-state index contributed by atoms with van der Waals surface area (Å²) in [5.74, 6) is -0.0848. The van der Waals surface area contributed by atoms with E-state index in [0.29, 0.717) is 13.2 Å². The van der Waals surface area contributed by atoms with Crippen LogP contribution in [0.3, 0.4) is 0 Å². The highest BCUT2D eigenvalue weighted by molar-refractivity contribution is 5.77. The lowest BCUT2D eigenvalue weighted by Crippen LogP contribution is -2.32. The Hall–Kier alpha value is -1.39. The standard InChI is InChI=1S/C15H23NO3/c1-3-7-14(13-8-5-4-6-9-13)16-15(17)12-19-11-10-18-2/h4-6,8-9,14H,3,7,10-12H2,1-2H3,(H,16,17). The zero-order valence-electron chi connectivity index (χ0n) is 11.7. The Kier molecular flexibility index (Phi) is 7.86. The largest absolute Gasteiger partial charge is 0.382 e. The van der Waals surface area contributed by atoms with Gasteiger partial charge in [-0.1, -0.05) is 43.7 Å². The lowest BCUT2D eigenvalue weighted by atomic mass is 10.0. The highest BCUT2D eigenvalue weighted by Gasteiger charge is 2.13. The Balaban J connectivity index is 2.43. The fourth-order valence-electron chi connectivity index (χ4n) is 1.84. The minimum absolute atomic E-state index is 0.0599. The maximum atomic E-state index is 11.8. The summed E-state index contributed by atoms with van der Waals surface area (Å²) in [5.41, 5.74) is 1.13. The molecule has 0 bridgehead atoms. The molecule has 4 nitrogen and oxygen atoms in total. The molecule has 1 N–H and O–H groups in total. The van der Waals surface area contributed by atoms with Gasteiger partial charge in [0.1, 0.15) is 6.61 Å². The van der Waals surface area contributed by atoms with E-state index in [2.05, 4.69) is 12.2 Å². The van der Waals surface area contributed by atoms with Crippen LogP contribution in [0, 0.1) is 0 Å². The molecule has 1 amide bonds. The first-order chi connectivity index (χ1) is 9.27. The molecule has 0 fully saturated rings. The van der Waals surface area contributed by atoms with E-state index in [0.717, 1.165) is 18.4 Å². The Labute approximate surface area is 115 Å². The van der Waals surface area contributed by atoms with Gasteiger partial charge in [0.05, 0.1) is 19.3 Å². The van der Waals surface area contributed by atoms with E-state index in [9.17, 15) is 4.79 Å². The predicted octanol–water partition coefficient (Wildman–Crippen LogP) is 2.31. The number of ether oxygens (including phenoxy) is 2. The molecule has 0 aliphatic rings. The van der Waals surface area contributed by atoms with E-state index in [-0.39, 0.29) is 18.6 Å². The van der Waals surface area contributed by atoms with Crippen LogP contribution in [0.1, 0.15) is 31.4 Å². The number of amides is 1. The van der Waals surface area contributed by atoms with Crippen molar-refractivity contribution < 1.29 is 14.3 Å². The third-order valence-corrected chi connectivity index (χ3v) is 2.78. The van der Waals surface area contributed by atoms with Crippen LogP contribution in [-0.4, -0.2) is 32.8 Å². The third kappa shape index (κ3) is 6.36. The van der Waals surface area contributed by atoms with E-state index in [1.165, 1.54) is 0 Å². The Bertz CT molecular complexity index is 354. The number of hydrogen-bond acceptors (Lipinski definition) is 3. The number of rotatable bonds is 9. The van der Waals surface area contributed by atoms with Crippen molar-refractivity contribution in [3.8, 4) is 0 Å². The zero-order valence-corrected chi connectivity index (χ0v) is 11.7. The molecule has 0 aliphatic carbocycles. The van der Waals surface area contributed by atoms with Crippen molar-refractivity contribution in [2.45, 2.75) is 25.8 Å². The highest BCUT2D eigenvalue weighted by atomic mass is 16.5. The Morgan fingerprint density at radius 3 is 2.63 bits per heavy atom. The molecule has 1 atom stereocenters. The second-order valence-electron chi connectivity index (χ2n) is 4.36. The minimum Gasteiger partial charge on any atom is -0.382 e. The summed E-state index contributed by atoms with van der Waals surface area (Å²) in [6.07, 6.45) is 1.94. The van der Waals surface area contributed by atoms with Gasteiger partial charge in [-0.3, -0.25) is 4.79 Å². The summed E-state index contributed by atoms with van der Waals surface area (Å²) in [5, 5.41) is 3.01. The first-order valence-corrected chi connectivity index (χ1v) is 6.69. The summed E-state index contributed by atoms with van der Waals surface area (Å²) >= 11 is 0. The van der Waals surface area contributed by atoms with Crippen molar-refractivity contribution in [3.63, 3.8) is 0 Å². The summed E-state index contributed by atoms with van der Waals surface area (Å²) in [4.78, 5) is 11.8. The maximum absolute atomic E-state index is 11.8. The first-order valence-electron chi connectivity index (χ1n) is 6.69. The zero-order chi connectivity index (χ0) is 13.9. The molecule has 0 spiro atoms. The molecule has 0 saturated carbocycles. The molecule has 4 heteroatoms. The number of nitrogens with one attached hydrogen (secondary N) is 1. The number of methoxy groups -OCH3 is 1. The lowest BCUT2D eigenvalue weighted by molar-refractivity contribution is -0.126. The van der Waals surface area contributed by atoms with Crippen molar-refractivity contribution in [1.29, 1.82) is 0 Å². The van der Waals surface area contributed by atoms with Crippen LogP contribution in [0.2, 0.25) is 0 Å². The van der Waals surface area contributed by atoms with E-state index >= 15 is 0 Å². The first kappa shape index (κ1) is 15.7. The van der Waals surface area contributed by atoms with Crippen molar-refractivity contribution in [1.82, 2.24) is 5.32 Å². The normalized spacial score (nSPS) is 12.1. The molecule has 19 heavy (non-hydrogen) atoms. The molecule has 0 saturated heterocycles. The maximum Gasteiger partial charge on any atom is 0.246 e. The number of carbonyl (C=O) groups is 1. The van der Waals surface area contributed by atoms with Gasteiger partial charge in [0.2, 0.25) is 5.91 Å². The van der Waals surface area contributed by atoms with E-state index in [1.54, 1.807) is 7.11 Å². The molecule has 0 radical (unpaired) electrons. The topological polar surface area (TPSA) is 47.6 Å². The number of carbonyl (C=O) groups excluding carboxylic acids is 1. The van der Waals surface area contributed by atoms with Crippen LogP contribution >= 0.6 is 0 Å². The minimum atomic E-state index is -0.0848. The molecule has 1 unspecified atom stereocenters. The van der Waals surface area contributed by atoms with Gasteiger partial charge in [-0.2, -0.15) is 0 Å². The van der Waals surface area contributed by atoms with Gasteiger partial charge in [-0.15, -0.1) is 0 Å². The van der Waals surface area contributed by atoms with Crippen LogP contribution in [0.5, 0.6) is 0 Å². The Morgan fingerprint density at radius 1 is 1.26 bits per heavy atom. The second kappa shape index (κ2) is 9.53. The van der Waals surface area contributed by atoms with Gasteiger partial charge in [0, 0.05) is 7.11 Å². The van der Waals surface area contributed by atoms with Crippen LogP contribution in [-0.2, 0) is 14.3 Å². The van der Waals surface area contributed by atoms with E-state index in [4.69, 9.17) is 9.47 Å². The molecular weight excluding hydrogens is 242 g/mol. The van der Waals surface area contributed by atoms with Gasteiger partial charge in [-0.25, -0.2) is 0 Å².